The number of fused-ring (bicyclic) bond motifs is 7. The number of furan rings is 2. The van der Waals surface area contributed by atoms with E-state index in [0.29, 0.717) is 17.5 Å². The van der Waals surface area contributed by atoms with Crippen molar-refractivity contribution in [2.24, 2.45) is 5.92 Å². The average molecular weight is 620 g/mol. The van der Waals surface area contributed by atoms with Crippen molar-refractivity contribution >= 4 is 44.6 Å². The third-order valence-electron chi connectivity index (χ3n) is 9.83. The van der Waals surface area contributed by atoms with Crippen molar-refractivity contribution in [3.05, 3.63) is 162 Å². The number of benzene rings is 4. The number of aromatic nitrogens is 3. The van der Waals surface area contributed by atoms with Crippen LogP contribution in [0.3, 0.4) is 0 Å². The van der Waals surface area contributed by atoms with Crippen molar-refractivity contribution in [1.82, 2.24) is 15.0 Å². The molecule has 3 aromatic heterocycles. The zero-order chi connectivity index (χ0) is 31.6. The van der Waals surface area contributed by atoms with Gasteiger partial charge in [-0.2, -0.15) is 0 Å². The summed E-state index contributed by atoms with van der Waals surface area (Å²) in [6.45, 7) is 0. The summed E-state index contributed by atoms with van der Waals surface area (Å²) in [5, 5.41) is 3.27. The Morgan fingerprint density at radius 2 is 1.38 bits per heavy atom. The minimum absolute atomic E-state index is 0.111. The van der Waals surface area contributed by atoms with Gasteiger partial charge in [0.2, 0.25) is 0 Å². The lowest BCUT2D eigenvalue weighted by atomic mass is 9.73. The van der Waals surface area contributed by atoms with Gasteiger partial charge < -0.3 is 8.83 Å². The summed E-state index contributed by atoms with van der Waals surface area (Å²) in [4.78, 5) is 15.4. The second-order valence-corrected chi connectivity index (χ2v) is 12.6. The Bertz CT molecular complexity index is 2580. The van der Waals surface area contributed by atoms with Gasteiger partial charge in [0.25, 0.3) is 0 Å². The van der Waals surface area contributed by atoms with E-state index in [4.69, 9.17) is 23.8 Å². The van der Waals surface area contributed by atoms with Crippen LogP contribution in [-0.2, 0) is 6.42 Å². The molecule has 7 aromatic rings. The molecule has 3 aliphatic carbocycles. The van der Waals surface area contributed by atoms with Crippen LogP contribution in [0, 0.1) is 5.92 Å². The summed E-state index contributed by atoms with van der Waals surface area (Å²) in [5.74, 6) is 3.24. The number of rotatable bonds is 4. The van der Waals surface area contributed by atoms with E-state index in [1.807, 2.05) is 60.7 Å². The fourth-order valence-electron chi connectivity index (χ4n) is 7.65. The number of allylic oxidation sites excluding steroid dienone is 9. The molecule has 228 valence electrons. The summed E-state index contributed by atoms with van der Waals surface area (Å²) in [6, 6.07) is 30.8. The van der Waals surface area contributed by atoms with E-state index in [0.717, 1.165) is 62.8 Å². The first kappa shape index (κ1) is 27.1. The number of para-hydroxylation sites is 1. The molecule has 4 aromatic carbocycles. The van der Waals surface area contributed by atoms with Crippen LogP contribution in [0.2, 0.25) is 0 Å². The molecule has 0 saturated carbocycles. The molecule has 2 atom stereocenters. The molecular formula is C43H29N3O2. The fourth-order valence-corrected chi connectivity index (χ4v) is 7.65. The van der Waals surface area contributed by atoms with Gasteiger partial charge >= 0.3 is 0 Å². The van der Waals surface area contributed by atoms with Crippen LogP contribution in [0.4, 0.5) is 0 Å². The zero-order valence-electron chi connectivity index (χ0n) is 26.0. The molecule has 0 fully saturated rings. The van der Waals surface area contributed by atoms with E-state index in [-0.39, 0.29) is 11.8 Å². The van der Waals surface area contributed by atoms with E-state index in [9.17, 15) is 0 Å². The van der Waals surface area contributed by atoms with Gasteiger partial charge in [0.1, 0.15) is 22.5 Å². The smallest absolute Gasteiger partial charge is 0.164 e. The quantitative estimate of drug-likeness (QED) is 0.196. The Hall–Kier alpha value is -6.07. The maximum Gasteiger partial charge on any atom is 0.164 e. The molecule has 5 nitrogen and oxygen atoms in total. The van der Waals surface area contributed by atoms with Crippen molar-refractivity contribution in [1.29, 1.82) is 0 Å². The van der Waals surface area contributed by atoms with Gasteiger partial charge in [0, 0.05) is 56.7 Å². The lowest BCUT2D eigenvalue weighted by Gasteiger charge is -2.31. The highest BCUT2D eigenvalue weighted by atomic mass is 16.3. The molecule has 3 heterocycles. The lowest BCUT2D eigenvalue weighted by molar-refractivity contribution is 0.546. The van der Waals surface area contributed by atoms with Gasteiger partial charge in [0.05, 0.1) is 0 Å². The van der Waals surface area contributed by atoms with E-state index in [1.165, 1.54) is 22.1 Å². The molecule has 0 bridgehead atoms. The van der Waals surface area contributed by atoms with Gasteiger partial charge in [-0.15, -0.1) is 0 Å². The van der Waals surface area contributed by atoms with E-state index >= 15 is 0 Å². The van der Waals surface area contributed by atoms with Crippen molar-refractivity contribution < 1.29 is 8.83 Å². The zero-order valence-corrected chi connectivity index (χ0v) is 26.0. The molecular weight excluding hydrogens is 590 g/mol. The topological polar surface area (TPSA) is 65.0 Å². The number of hydrogen-bond acceptors (Lipinski definition) is 5. The van der Waals surface area contributed by atoms with Gasteiger partial charge in [-0.3, -0.25) is 0 Å². The lowest BCUT2D eigenvalue weighted by Crippen LogP contribution is -2.18. The average Bonchev–Trinajstić information content (AvgIpc) is 3.73. The molecule has 0 N–H and O–H groups in total. The predicted octanol–water partition coefficient (Wildman–Crippen LogP) is 10.7. The normalized spacial score (nSPS) is 18.2. The maximum atomic E-state index is 6.36. The van der Waals surface area contributed by atoms with Crippen LogP contribution in [-0.4, -0.2) is 15.0 Å². The van der Waals surface area contributed by atoms with Crippen molar-refractivity contribution in [2.75, 3.05) is 0 Å². The first-order valence-electron chi connectivity index (χ1n) is 16.5. The molecule has 0 spiro atoms. The first-order chi connectivity index (χ1) is 23.8. The first-order valence-corrected chi connectivity index (χ1v) is 16.5. The van der Waals surface area contributed by atoms with Crippen LogP contribution in [0.5, 0.6) is 0 Å². The third kappa shape index (κ3) is 4.21. The minimum atomic E-state index is 0.111. The molecule has 0 amide bonds. The molecule has 0 aliphatic heterocycles. The molecule has 5 heteroatoms. The summed E-state index contributed by atoms with van der Waals surface area (Å²) in [7, 11) is 0. The van der Waals surface area contributed by atoms with Gasteiger partial charge in [-0.1, -0.05) is 121 Å². The molecule has 3 aliphatic rings. The highest BCUT2D eigenvalue weighted by Gasteiger charge is 2.32. The standard InChI is InChI=1S/C43H29N3O2/c1-2-12-26(13-3-1)41-44-42(46-43(45-41)34-19-11-23-38-40(34)33-17-7-9-21-36(33)48-38)31-25-24-29(27-14-4-5-15-28(27)31)30-18-10-22-37-39(30)32-16-6-8-20-35(32)47-37/h1-7,9-19,21-25,27,29H,8,20H2. The number of nitrogens with zero attached hydrogens (tertiary/aromatic N) is 3. The minimum Gasteiger partial charge on any atom is -0.460 e. The highest BCUT2D eigenvalue weighted by molar-refractivity contribution is 6.11. The Morgan fingerprint density at radius 3 is 2.31 bits per heavy atom. The van der Waals surface area contributed by atoms with E-state index in [2.05, 4.69) is 78.9 Å². The van der Waals surface area contributed by atoms with Crippen LogP contribution >= 0.6 is 0 Å². The molecule has 48 heavy (non-hydrogen) atoms. The highest BCUT2D eigenvalue weighted by Crippen LogP contribution is 2.46. The Labute approximate surface area is 277 Å². The molecule has 0 radical (unpaired) electrons. The molecule has 2 unspecified atom stereocenters. The van der Waals surface area contributed by atoms with Gasteiger partial charge in [-0.25, -0.2) is 15.0 Å². The third-order valence-corrected chi connectivity index (χ3v) is 9.83. The monoisotopic (exact) mass is 619 g/mol. The van der Waals surface area contributed by atoms with E-state index in [1.54, 1.807) is 0 Å². The summed E-state index contributed by atoms with van der Waals surface area (Å²) >= 11 is 0. The fraction of sp³-hybridized carbons (Fsp3) is 0.0930. The Balaban J connectivity index is 1.16. The summed E-state index contributed by atoms with van der Waals surface area (Å²) in [5.41, 5.74) is 9.17. The van der Waals surface area contributed by atoms with E-state index < -0.39 is 0 Å². The van der Waals surface area contributed by atoms with Crippen LogP contribution in [0.15, 0.2) is 148 Å². The van der Waals surface area contributed by atoms with Crippen molar-refractivity contribution in [2.45, 2.75) is 18.8 Å². The second kappa shape index (κ2) is 10.7. The van der Waals surface area contributed by atoms with Crippen LogP contribution in [0.25, 0.3) is 67.3 Å². The number of hydrogen-bond donors (Lipinski definition) is 0. The summed E-state index contributed by atoms with van der Waals surface area (Å²) in [6.07, 6.45) is 19.8. The SMILES string of the molecule is C1=CC2=C(c3nc(-c4ccccc4)nc(-c4cccc5oc6ccccc6c45)n3)C=CC(c3cccc4oc5c(c34)C=CCC5)C2C=C1. The predicted molar refractivity (Wildman–Crippen MR) is 192 cm³/mol. The second-order valence-electron chi connectivity index (χ2n) is 12.6. The van der Waals surface area contributed by atoms with Gasteiger partial charge in [-0.05, 0) is 35.8 Å². The van der Waals surface area contributed by atoms with Crippen molar-refractivity contribution in [3.63, 3.8) is 0 Å². The summed E-state index contributed by atoms with van der Waals surface area (Å²) < 4.78 is 12.6. The Morgan fingerprint density at radius 1 is 0.583 bits per heavy atom. The van der Waals surface area contributed by atoms with Crippen molar-refractivity contribution in [3.8, 4) is 22.8 Å². The number of aryl methyl sites for hydroxylation is 1. The maximum absolute atomic E-state index is 6.36. The van der Waals surface area contributed by atoms with Crippen LogP contribution in [0.1, 0.15) is 35.1 Å². The Kier molecular flexibility index (Phi) is 6.06. The van der Waals surface area contributed by atoms with Crippen LogP contribution < -0.4 is 0 Å². The molecule has 0 saturated heterocycles. The molecule has 10 rings (SSSR count). The van der Waals surface area contributed by atoms with Gasteiger partial charge in [0.15, 0.2) is 17.5 Å². The largest absolute Gasteiger partial charge is 0.460 e.